The lowest BCUT2D eigenvalue weighted by molar-refractivity contribution is 0.281. The molecule has 2 aromatic rings. The van der Waals surface area contributed by atoms with Gasteiger partial charge in [-0.3, -0.25) is 0 Å². The van der Waals surface area contributed by atoms with E-state index >= 15 is 0 Å². The van der Waals surface area contributed by atoms with Crippen LogP contribution in [0.3, 0.4) is 0 Å². The molecular formula is C17H17ClINO. The Kier molecular flexibility index (Phi) is 4.54. The first-order chi connectivity index (χ1) is 10.1. The number of nitrogens with two attached hydrogens (primary N) is 1. The summed E-state index contributed by atoms with van der Waals surface area (Å²) in [4.78, 5) is 0. The van der Waals surface area contributed by atoms with Gasteiger partial charge in [0.25, 0.3) is 0 Å². The summed E-state index contributed by atoms with van der Waals surface area (Å²) in [5, 5.41) is 10.1. The van der Waals surface area contributed by atoms with E-state index in [0.29, 0.717) is 5.92 Å². The molecule has 0 bridgehead atoms. The summed E-state index contributed by atoms with van der Waals surface area (Å²) in [5.41, 5.74) is 10.9. The van der Waals surface area contributed by atoms with Crippen LogP contribution in [0, 0.1) is 3.57 Å². The monoisotopic (exact) mass is 413 g/mol. The molecule has 0 saturated heterocycles. The topological polar surface area (TPSA) is 46.2 Å². The molecule has 0 heterocycles. The molecule has 4 heteroatoms. The first-order valence-corrected chi connectivity index (χ1v) is 8.50. The number of hydrogen-bond donors (Lipinski definition) is 2. The Bertz CT molecular complexity index is 674. The van der Waals surface area contributed by atoms with Crippen LogP contribution in [0.5, 0.6) is 0 Å². The first kappa shape index (κ1) is 15.3. The highest BCUT2D eigenvalue weighted by Gasteiger charge is 2.26. The Labute approximate surface area is 143 Å². The molecule has 3 rings (SSSR count). The van der Waals surface area contributed by atoms with Crippen molar-refractivity contribution in [3.63, 3.8) is 0 Å². The molecule has 2 atom stereocenters. The Morgan fingerprint density at radius 2 is 1.95 bits per heavy atom. The Balaban J connectivity index is 2.06. The molecule has 0 unspecified atom stereocenters. The van der Waals surface area contributed by atoms with E-state index in [1.165, 1.54) is 16.7 Å². The fourth-order valence-corrected chi connectivity index (χ4v) is 3.75. The minimum absolute atomic E-state index is 0.0590. The lowest BCUT2D eigenvalue weighted by Gasteiger charge is -2.30. The van der Waals surface area contributed by atoms with Crippen LogP contribution < -0.4 is 5.73 Å². The van der Waals surface area contributed by atoms with Crippen molar-refractivity contribution >= 4 is 34.2 Å². The largest absolute Gasteiger partial charge is 0.392 e. The highest BCUT2D eigenvalue weighted by atomic mass is 127. The van der Waals surface area contributed by atoms with Gasteiger partial charge in [-0.25, -0.2) is 0 Å². The Morgan fingerprint density at radius 1 is 1.14 bits per heavy atom. The van der Waals surface area contributed by atoms with Gasteiger partial charge in [0, 0.05) is 15.5 Å². The summed E-state index contributed by atoms with van der Waals surface area (Å²) < 4.78 is 1.08. The van der Waals surface area contributed by atoms with E-state index in [4.69, 9.17) is 17.3 Å². The van der Waals surface area contributed by atoms with E-state index in [1.54, 1.807) is 0 Å². The molecule has 0 amide bonds. The minimum Gasteiger partial charge on any atom is -0.392 e. The van der Waals surface area contributed by atoms with Crippen molar-refractivity contribution in [1.29, 1.82) is 0 Å². The number of hydrogen-bond acceptors (Lipinski definition) is 2. The highest BCUT2D eigenvalue weighted by Crippen LogP contribution is 2.41. The maximum atomic E-state index is 9.32. The number of fused-ring (bicyclic) bond motifs is 1. The number of aliphatic hydroxyl groups is 1. The summed E-state index contributed by atoms with van der Waals surface area (Å²) in [6.45, 7) is 0.0590. The van der Waals surface area contributed by atoms with Gasteiger partial charge in [-0.2, -0.15) is 0 Å². The molecule has 21 heavy (non-hydrogen) atoms. The third kappa shape index (κ3) is 2.97. The number of aliphatic hydroxyl groups excluding tert-OH is 1. The fourth-order valence-electron chi connectivity index (χ4n) is 3.09. The lowest BCUT2D eigenvalue weighted by Crippen LogP contribution is -2.21. The van der Waals surface area contributed by atoms with Gasteiger partial charge in [-0.05, 0) is 69.8 Å². The van der Waals surface area contributed by atoms with Gasteiger partial charge < -0.3 is 10.8 Å². The molecule has 3 N–H and O–H groups in total. The molecule has 0 aliphatic heterocycles. The molecule has 2 nitrogen and oxygen atoms in total. The van der Waals surface area contributed by atoms with Gasteiger partial charge >= 0.3 is 0 Å². The van der Waals surface area contributed by atoms with Crippen molar-refractivity contribution < 1.29 is 5.11 Å². The summed E-state index contributed by atoms with van der Waals surface area (Å²) in [6.07, 6.45) is 2.01. The zero-order chi connectivity index (χ0) is 15.0. The second-order valence-electron chi connectivity index (χ2n) is 5.53. The normalized spacial score (nSPS) is 21.1. The van der Waals surface area contributed by atoms with Crippen LogP contribution in [-0.2, 0) is 6.61 Å². The molecule has 2 aromatic carbocycles. The zero-order valence-corrected chi connectivity index (χ0v) is 14.4. The van der Waals surface area contributed by atoms with Crippen molar-refractivity contribution in [2.45, 2.75) is 31.4 Å². The van der Waals surface area contributed by atoms with E-state index in [1.807, 2.05) is 18.2 Å². The average Bonchev–Trinajstić information content (AvgIpc) is 2.50. The van der Waals surface area contributed by atoms with Gasteiger partial charge in [0.05, 0.1) is 11.6 Å². The zero-order valence-electron chi connectivity index (χ0n) is 11.5. The third-order valence-electron chi connectivity index (χ3n) is 4.22. The summed E-state index contributed by atoms with van der Waals surface area (Å²) in [6, 6.07) is 12.5. The van der Waals surface area contributed by atoms with Crippen LogP contribution >= 0.6 is 34.2 Å². The van der Waals surface area contributed by atoms with E-state index in [-0.39, 0.29) is 12.6 Å². The Morgan fingerprint density at radius 3 is 2.67 bits per heavy atom. The lowest BCUT2D eigenvalue weighted by atomic mass is 9.76. The number of benzene rings is 2. The maximum Gasteiger partial charge on any atom is 0.0681 e. The summed E-state index contributed by atoms with van der Waals surface area (Å²) >= 11 is 8.40. The van der Waals surface area contributed by atoms with E-state index < -0.39 is 0 Å². The summed E-state index contributed by atoms with van der Waals surface area (Å²) in [5.74, 6) is 0.360. The minimum atomic E-state index is 0.0590. The van der Waals surface area contributed by atoms with Crippen molar-refractivity contribution in [2.24, 2.45) is 5.73 Å². The standard InChI is InChI=1S/C17H17ClINO/c18-15-5-2-11(8-16(15)19)12-4-6-17(20)14-7-10(9-21)1-3-13(12)14/h1-3,5,7-8,12,17,21H,4,6,9,20H2/t12-,17-/m0/s1. The molecule has 1 aliphatic carbocycles. The fraction of sp³-hybridized carbons (Fsp3) is 0.294. The van der Waals surface area contributed by atoms with Crippen molar-refractivity contribution in [2.75, 3.05) is 0 Å². The molecule has 0 radical (unpaired) electrons. The average molecular weight is 414 g/mol. The maximum absolute atomic E-state index is 9.32. The van der Waals surface area contributed by atoms with Gasteiger partial charge in [0.15, 0.2) is 0 Å². The smallest absolute Gasteiger partial charge is 0.0681 e. The predicted octanol–water partition coefficient (Wildman–Crippen LogP) is 4.36. The molecule has 0 saturated carbocycles. The van der Waals surface area contributed by atoms with Crippen LogP contribution in [-0.4, -0.2) is 5.11 Å². The van der Waals surface area contributed by atoms with Gasteiger partial charge in [0.1, 0.15) is 0 Å². The van der Waals surface area contributed by atoms with E-state index in [0.717, 1.165) is 27.0 Å². The second kappa shape index (κ2) is 6.24. The van der Waals surface area contributed by atoms with Crippen LogP contribution in [0.2, 0.25) is 5.02 Å². The molecule has 110 valence electrons. The van der Waals surface area contributed by atoms with Crippen LogP contribution in [0.15, 0.2) is 36.4 Å². The van der Waals surface area contributed by atoms with Gasteiger partial charge in [0.2, 0.25) is 0 Å². The molecule has 0 spiro atoms. The second-order valence-corrected chi connectivity index (χ2v) is 7.10. The van der Waals surface area contributed by atoms with Gasteiger partial charge in [-0.15, -0.1) is 0 Å². The Hall–Kier alpha value is -0.620. The third-order valence-corrected chi connectivity index (χ3v) is 5.76. The quantitative estimate of drug-likeness (QED) is 0.719. The molecule has 0 fully saturated rings. The van der Waals surface area contributed by atoms with Crippen molar-refractivity contribution in [1.82, 2.24) is 0 Å². The van der Waals surface area contributed by atoms with Crippen LogP contribution in [0.25, 0.3) is 0 Å². The SMILES string of the molecule is N[C@H]1CC[C@@H](c2ccc(Cl)c(I)c2)c2ccc(CO)cc21. The number of halogens is 2. The van der Waals surface area contributed by atoms with Crippen molar-refractivity contribution in [3.05, 3.63) is 67.2 Å². The number of rotatable bonds is 2. The molecule has 1 aliphatic rings. The van der Waals surface area contributed by atoms with E-state index in [9.17, 15) is 5.11 Å². The van der Waals surface area contributed by atoms with Crippen LogP contribution in [0.1, 0.15) is 47.1 Å². The molecular weight excluding hydrogens is 397 g/mol. The first-order valence-electron chi connectivity index (χ1n) is 7.04. The van der Waals surface area contributed by atoms with Crippen LogP contribution in [0.4, 0.5) is 0 Å². The van der Waals surface area contributed by atoms with Gasteiger partial charge in [-0.1, -0.05) is 35.9 Å². The predicted molar refractivity (Wildman–Crippen MR) is 94.5 cm³/mol. The molecule has 0 aromatic heterocycles. The van der Waals surface area contributed by atoms with E-state index in [2.05, 4.69) is 40.8 Å². The highest BCUT2D eigenvalue weighted by molar-refractivity contribution is 14.1. The van der Waals surface area contributed by atoms with Crippen molar-refractivity contribution in [3.8, 4) is 0 Å². The summed E-state index contributed by atoms with van der Waals surface area (Å²) in [7, 11) is 0.